The molecule has 4 aromatic rings. The second-order valence-electron chi connectivity index (χ2n) is 4.99. The Morgan fingerprint density at radius 1 is 1.09 bits per heavy atom. The van der Waals surface area contributed by atoms with Gasteiger partial charge in [-0.2, -0.15) is 0 Å². The van der Waals surface area contributed by atoms with Crippen LogP contribution in [0.2, 0.25) is 0 Å². The fourth-order valence-corrected chi connectivity index (χ4v) is 3.30. The van der Waals surface area contributed by atoms with Gasteiger partial charge in [0.15, 0.2) is 17.3 Å². The summed E-state index contributed by atoms with van der Waals surface area (Å²) in [6, 6.07) is 12.2. The molecule has 2 aromatic carbocycles. The molecular formula is C17H12FN3OS. The van der Waals surface area contributed by atoms with Crippen LogP contribution < -0.4 is 5.32 Å². The van der Waals surface area contributed by atoms with Gasteiger partial charge in [0, 0.05) is 18.2 Å². The topological polar surface area (TPSA) is 51.0 Å². The van der Waals surface area contributed by atoms with Crippen molar-refractivity contribution in [2.24, 2.45) is 0 Å². The average Bonchev–Trinajstić information content (AvgIpc) is 3.21. The Hall–Kier alpha value is -2.73. The number of rotatable bonds is 3. The highest BCUT2D eigenvalue weighted by Crippen LogP contribution is 2.35. The van der Waals surface area contributed by atoms with Gasteiger partial charge in [0.05, 0.1) is 10.2 Å². The van der Waals surface area contributed by atoms with Gasteiger partial charge in [-0.05, 0) is 42.5 Å². The maximum atomic E-state index is 13.1. The molecule has 0 aliphatic rings. The number of aromatic nitrogens is 2. The van der Waals surface area contributed by atoms with Crippen molar-refractivity contribution >= 4 is 26.7 Å². The first kappa shape index (κ1) is 13.9. The molecule has 4 rings (SSSR count). The molecule has 0 radical (unpaired) electrons. The van der Waals surface area contributed by atoms with Crippen molar-refractivity contribution in [1.29, 1.82) is 0 Å². The van der Waals surface area contributed by atoms with E-state index in [4.69, 9.17) is 4.42 Å². The van der Waals surface area contributed by atoms with Gasteiger partial charge in [0.1, 0.15) is 11.5 Å². The van der Waals surface area contributed by atoms with Gasteiger partial charge in [-0.1, -0.05) is 11.3 Å². The van der Waals surface area contributed by atoms with Crippen molar-refractivity contribution in [2.75, 3.05) is 12.4 Å². The molecule has 4 nitrogen and oxygen atoms in total. The molecule has 2 aromatic heterocycles. The lowest BCUT2D eigenvalue weighted by Gasteiger charge is -2.02. The normalized spacial score (nSPS) is 11.0. The van der Waals surface area contributed by atoms with Crippen molar-refractivity contribution < 1.29 is 8.81 Å². The average molecular weight is 325 g/mol. The van der Waals surface area contributed by atoms with E-state index in [0.717, 1.165) is 26.5 Å². The first-order valence-electron chi connectivity index (χ1n) is 7.03. The number of oxazole rings is 1. The molecule has 23 heavy (non-hydrogen) atoms. The molecular weight excluding hydrogens is 313 g/mol. The smallest absolute Gasteiger partial charge is 0.183 e. The minimum atomic E-state index is -0.274. The van der Waals surface area contributed by atoms with Gasteiger partial charge in [-0.3, -0.25) is 0 Å². The highest BCUT2D eigenvalue weighted by atomic mass is 32.1. The Bertz CT molecular complexity index is 975. The third-order valence-corrected chi connectivity index (χ3v) is 4.59. The summed E-state index contributed by atoms with van der Waals surface area (Å²) < 4.78 is 19.8. The molecule has 2 heterocycles. The predicted octanol–water partition coefficient (Wildman–Crippen LogP) is 4.80. The zero-order valence-corrected chi connectivity index (χ0v) is 13.0. The number of hydrogen-bond donors (Lipinski definition) is 1. The summed E-state index contributed by atoms with van der Waals surface area (Å²) in [5.74, 6) is 0.391. The van der Waals surface area contributed by atoms with E-state index in [1.807, 2.05) is 25.2 Å². The number of thiazole rings is 1. The van der Waals surface area contributed by atoms with Gasteiger partial charge in [0.2, 0.25) is 0 Å². The second-order valence-corrected chi connectivity index (χ2v) is 6.02. The summed E-state index contributed by atoms with van der Waals surface area (Å²) in [4.78, 5) is 8.74. The Morgan fingerprint density at radius 3 is 2.65 bits per heavy atom. The van der Waals surface area contributed by atoms with E-state index in [-0.39, 0.29) is 5.82 Å². The Morgan fingerprint density at radius 2 is 1.87 bits per heavy atom. The van der Waals surface area contributed by atoms with Crippen LogP contribution >= 0.6 is 11.3 Å². The Labute approximate surface area is 135 Å². The van der Waals surface area contributed by atoms with Gasteiger partial charge < -0.3 is 9.73 Å². The van der Waals surface area contributed by atoms with E-state index >= 15 is 0 Å². The van der Waals surface area contributed by atoms with Gasteiger partial charge in [0.25, 0.3) is 0 Å². The molecule has 0 atom stereocenters. The monoisotopic (exact) mass is 325 g/mol. The number of halogens is 1. The predicted molar refractivity (Wildman–Crippen MR) is 90.1 cm³/mol. The zero-order chi connectivity index (χ0) is 15.8. The number of nitrogens with one attached hydrogen (secondary N) is 1. The van der Waals surface area contributed by atoms with E-state index in [2.05, 4.69) is 15.3 Å². The van der Waals surface area contributed by atoms with Gasteiger partial charge >= 0.3 is 0 Å². The summed E-state index contributed by atoms with van der Waals surface area (Å²) in [6.07, 6.45) is 1.41. The van der Waals surface area contributed by atoms with Crippen molar-refractivity contribution in [3.8, 4) is 22.6 Å². The summed E-state index contributed by atoms with van der Waals surface area (Å²) in [5, 5.41) is 3.92. The van der Waals surface area contributed by atoms with Gasteiger partial charge in [-0.25, -0.2) is 14.4 Å². The molecule has 0 spiro atoms. The Balaban J connectivity index is 1.82. The maximum Gasteiger partial charge on any atom is 0.183 e. The van der Waals surface area contributed by atoms with Crippen LogP contribution in [0.3, 0.4) is 0 Å². The fourth-order valence-electron chi connectivity index (χ4n) is 2.44. The Kier molecular flexibility index (Phi) is 3.31. The van der Waals surface area contributed by atoms with Crippen LogP contribution in [0.15, 0.2) is 53.3 Å². The summed E-state index contributed by atoms with van der Waals surface area (Å²) in [7, 11) is 1.85. The third kappa shape index (κ3) is 2.47. The second kappa shape index (κ2) is 5.48. The van der Waals surface area contributed by atoms with E-state index < -0.39 is 0 Å². The number of benzene rings is 2. The van der Waals surface area contributed by atoms with Crippen LogP contribution in [0.1, 0.15) is 0 Å². The minimum Gasteiger partial charge on any atom is -0.443 e. The molecule has 6 heteroatoms. The molecule has 0 saturated heterocycles. The summed E-state index contributed by atoms with van der Waals surface area (Å²) >= 11 is 1.58. The van der Waals surface area contributed by atoms with E-state index in [0.29, 0.717) is 11.5 Å². The molecule has 114 valence electrons. The van der Waals surface area contributed by atoms with Crippen molar-refractivity contribution in [2.45, 2.75) is 0 Å². The van der Waals surface area contributed by atoms with Crippen LogP contribution in [0, 0.1) is 5.82 Å². The molecule has 0 amide bonds. The minimum absolute atomic E-state index is 0.274. The molecule has 0 aliphatic heterocycles. The number of anilines is 1. The number of nitrogens with zero attached hydrogens (tertiary/aromatic N) is 2. The first-order valence-corrected chi connectivity index (χ1v) is 7.84. The van der Waals surface area contributed by atoms with Crippen molar-refractivity contribution in [1.82, 2.24) is 9.97 Å². The lowest BCUT2D eigenvalue weighted by molar-refractivity contribution is 0.572. The summed E-state index contributed by atoms with van der Waals surface area (Å²) in [5.41, 5.74) is 3.37. The molecule has 0 bridgehead atoms. The van der Waals surface area contributed by atoms with E-state index in [1.54, 1.807) is 23.5 Å². The quantitative estimate of drug-likeness (QED) is 0.588. The highest BCUT2D eigenvalue weighted by molar-refractivity contribution is 7.22. The van der Waals surface area contributed by atoms with Crippen molar-refractivity contribution in [3.63, 3.8) is 0 Å². The van der Waals surface area contributed by atoms with E-state index in [9.17, 15) is 4.39 Å². The van der Waals surface area contributed by atoms with Crippen LogP contribution in [0.4, 0.5) is 9.52 Å². The molecule has 0 unspecified atom stereocenters. The lowest BCUT2D eigenvalue weighted by atomic mass is 10.1. The standard InChI is InChI=1S/C17H12FN3OS/c1-19-17-21-13-7-4-11(8-14(13)23-17)16-15(20-9-22-16)10-2-5-12(18)6-3-10/h2-9H,1H3,(H,19,21). The zero-order valence-electron chi connectivity index (χ0n) is 12.2. The number of fused-ring (bicyclic) bond motifs is 1. The lowest BCUT2D eigenvalue weighted by Crippen LogP contribution is -1.84. The SMILES string of the molecule is CNc1nc2ccc(-c3ocnc3-c3ccc(F)cc3)cc2s1. The van der Waals surface area contributed by atoms with Crippen molar-refractivity contribution in [3.05, 3.63) is 54.7 Å². The third-order valence-electron chi connectivity index (χ3n) is 3.55. The molecule has 0 saturated carbocycles. The number of hydrogen-bond acceptors (Lipinski definition) is 5. The van der Waals surface area contributed by atoms with Crippen LogP contribution in [0.25, 0.3) is 32.8 Å². The van der Waals surface area contributed by atoms with Crippen LogP contribution in [-0.4, -0.2) is 17.0 Å². The van der Waals surface area contributed by atoms with Crippen LogP contribution in [-0.2, 0) is 0 Å². The first-order chi connectivity index (χ1) is 11.2. The largest absolute Gasteiger partial charge is 0.443 e. The van der Waals surface area contributed by atoms with E-state index in [1.165, 1.54) is 18.5 Å². The van der Waals surface area contributed by atoms with Gasteiger partial charge in [-0.15, -0.1) is 0 Å². The fraction of sp³-hybridized carbons (Fsp3) is 0.0588. The summed E-state index contributed by atoms with van der Waals surface area (Å²) in [6.45, 7) is 0. The molecule has 0 fully saturated rings. The highest BCUT2D eigenvalue weighted by Gasteiger charge is 2.14. The molecule has 1 N–H and O–H groups in total. The van der Waals surface area contributed by atoms with Crippen LogP contribution in [0.5, 0.6) is 0 Å². The maximum absolute atomic E-state index is 13.1. The molecule has 0 aliphatic carbocycles.